The Morgan fingerprint density at radius 2 is 2.32 bits per heavy atom. The van der Waals surface area contributed by atoms with Gasteiger partial charge in [-0.1, -0.05) is 13.0 Å². The van der Waals surface area contributed by atoms with Crippen molar-refractivity contribution in [2.24, 2.45) is 0 Å². The minimum absolute atomic E-state index is 0.0399. The maximum atomic E-state index is 6.01. The van der Waals surface area contributed by atoms with Crippen molar-refractivity contribution in [3.8, 4) is 0 Å². The second-order valence-corrected chi connectivity index (χ2v) is 5.80. The molecule has 2 rings (SSSR count). The fraction of sp³-hybridized carbons (Fsp3) is 0.688. The number of ether oxygens (including phenoxy) is 1. The van der Waals surface area contributed by atoms with Crippen LogP contribution in [0.1, 0.15) is 44.4 Å². The molecule has 19 heavy (non-hydrogen) atoms. The van der Waals surface area contributed by atoms with Crippen molar-refractivity contribution in [2.75, 3.05) is 13.2 Å². The molecule has 0 saturated carbocycles. The Morgan fingerprint density at radius 3 is 2.89 bits per heavy atom. The molecule has 0 spiro atoms. The van der Waals surface area contributed by atoms with Crippen LogP contribution in [0.4, 0.5) is 0 Å². The predicted octanol–water partition coefficient (Wildman–Crippen LogP) is 2.87. The first-order valence-corrected chi connectivity index (χ1v) is 7.43. The van der Waals surface area contributed by atoms with Gasteiger partial charge in [0.05, 0.1) is 5.60 Å². The number of pyridine rings is 1. The smallest absolute Gasteiger partial charge is 0.0811 e. The van der Waals surface area contributed by atoms with Crippen LogP contribution in [-0.2, 0) is 11.2 Å². The van der Waals surface area contributed by atoms with Crippen molar-refractivity contribution in [3.63, 3.8) is 0 Å². The second kappa shape index (κ2) is 6.49. The van der Waals surface area contributed by atoms with E-state index in [1.807, 2.05) is 6.20 Å². The molecular formula is C16H26N2O. The lowest BCUT2D eigenvalue weighted by molar-refractivity contribution is -0.0116. The van der Waals surface area contributed by atoms with E-state index in [0.29, 0.717) is 6.04 Å². The summed E-state index contributed by atoms with van der Waals surface area (Å²) in [5, 5.41) is 3.65. The number of hydrogen-bond acceptors (Lipinski definition) is 3. The minimum Gasteiger partial charge on any atom is -0.374 e. The molecule has 1 aliphatic heterocycles. The summed E-state index contributed by atoms with van der Waals surface area (Å²) in [6.07, 6.45) is 6.34. The number of nitrogens with one attached hydrogen (secondary N) is 1. The number of hydrogen-bond donors (Lipinski definition) is 1. The van der Waals surface area contributed by atoms with Crippen molar-refractivity contribution in [1.82, 2.24) is 10.3 Å². The normalized spacial score (nSPS) is 24.6. The SMILES string of the molecule is CCCNC(Cc1ccc(C)cn1)C1(C)CCCO1. The molecule has 1 aromatic heterocycles. The van der Waals surface area contributed by atoms with Crippen LogP contribution in [0.25, 0.3) is 0 Å². The van der Waals surface area contributed by atoms with E-state index in [1.165, 1.54) is 12.0 Å². The zero-order chi connectivity index (χ0) is 13.7. The highest BCUT2D eigenvalue weighted by molar-refractivity contribution is 5.14. The number of nitrogens with zero attached hydrogens (tertiary/aromatic N) is 1. The highest BCUT2D eigenvalue weighted by Crippen LogP contribution is 2.30. The van der Waals surface area contributed by atoms with Gasteiger partial charge in [0.15, 0.2) is 0 Å². The Hall–Kier alpha value is -0.930. The summed E-state index contributed by atoms with van der Waals surface area (Å²) >= 11 is 0. The molecule has 1 saturated heterocycles. The molecule has 3 heteroatoms. The molecule has 1 fully saturated rings. The summed E-state index contributed by atoms with van der Waals surface area (Å²) < 4.78 is 6.01. The van der Waals surface area contributed by atoms with Gasteiger partial charge in [-0.2, -0.15) is 0 Å². The molecule has 1 N–H and O–H groups in total. The first-order valence-electron chi connectivity index (χ1n) is 7.43. The Morgan fingerprint density at radius 1 is 1.47 bits per heavy atom. The van der Waals surface area contributed by atoms with Crippen LogP contribution < -0.4 is 5.32 Å². The molecule has 3 nitrogen and oxygen atoms in total. The van der Waals surface area contributed by atoms with Gasteiger partial charge >= 0.3 is 0 Å². The second-order valence-electron chi connectivity index (χ2n) is 5.80. The molecule has 2 heterocycles. The van der Waals surface area contributed by atoms with E-state index in [9.17, 15) is 0 Å². The number of aryl methyl sites for hydroxylation is 1. The van der Waals surface area contributed by atoms with E-state index in [0.717, 1.165) is 38.1 Å². The third-order valence-corrected chi connectivity index (χ3v) is 4.01. The molecule has 2 unspecified atom stereocenters. The number of aromatic nitrogens is 1. The van der Waals surface area contributed by atoms with Crippen LogP contribution >= 0.6 is 0 Å². The van der Waals surface area contributed by atoms with Crippen LogP contribution in [0.2, 0.25) is 0 Å². The van der Waals surface area contributed by atoms with E-state index in [2.05, 4.69) is 43.2 Å². The quantitative estimate of drug-likeness (QED) is 0.856. The average Bonchev–Trinajstić information content (AvgIpc) is 2.85. The topological polar surface area (TPSA) is 34.2 Å². The van der Waals surface area contributed by atoms with Crippen molar-refractivity contribution >= 4 is 0 Å². The fourth-order valence-electron chi connectivity index (χ4n) is 2.73. The Balaban J connectivity index is 2.06. The van der Waals surface area contributed by atoms with Gasteiger partial charge in [-0.05, 0) is 51.3 Å². The molecule has 106 valence electrons. The lowest BCUT2D eigenvalue weighted by atomic mass is 9.89. The van der Waals surface area contributed by atoms with E-state index in [4.69, 9.17) is 4.74 Å². The fourth-order valence-corrected chi connectivity index (χ4v) is 2.73. The summed E-state index contributed by atoms with van der Waals surface area (Å²) in [6.45, 7) is 8.44. The van der Waals surface area contributed by atoms with Crippen molar-refractivity contribution < 1.29 is 4.74 Å². The number of rotatable bonds is 6. The molecule has 2 atom stereocenters. The minimum atomic E-state index is -0.0399. The van der Waals surface area contributed by atoms with Crippen LogP contribution in [0.5, 0.6) is 0 Å². The van der Waals surface area contributed by atoms with Crippen LogP contribution in [0.15, 0.2) is 18.3 Å². The molecule has 0 amide bonds. The third kappa shape index (κ3) is 3.77. The predicted molar refractivity (Wildman–Crippen MR) is 78.4 cm³/mol. The van der Waals surface area contributed by atoms with Crippen molar-refractivity contribution in [1.29, 1.82) is 0 Å². The van der Waals surface area contributed by atoms with Gasteiger partial charge in [0.25, 0.3) is 0 Å². The van der Waals surface area contributed by atoms with E-state index >= 15 is 0 Å². The molecule has 1 aromatic rings. The van der Waals surface area contributed by atoms with Crippen LogP contribution in [0, 0.1) is 6.92 Å². The molecule has 1 aliphatic rings. The van der Waals surface area contributed by atoms with Gasteiger partial charge in [0, 0.05) is 31.0 Å². The summed E-state index contributed by atoms with van der Waals surface area (Å²) in [7, 11) is 0. The Labute approximate surface area is 116 Å². The highest BCUT2D eigenvalue weighted by atomic mass is 16.5. The first kappa shape index (κ1) is 14.5. The Kier molecular flexibility index (Phi) is 4.94. The van der Waals surface area contributed by atoms with Gasteiger partial charge in [-0.25, -0.2) is 0 Å². The average molecular weight is 262 g/mol. The van der Waals surface area contributed by atoms with E-state index < -0.39 is 0 Å². The van der Waals surface area contributed by atoms with Gasteiger partial charge in [-0.3, -0.25) is 4.98 Å². The van der Waals surface area contributed by atoms with E-state index in [1.54, 1.807) is 0 Å². The summed E-state index contributed by atoms with van der Waals surface area (Å²) in [5.74, 6) is 0. The molecule has 0 aliphatic carbocycles. The highest BCUT2D eigenvalue weighted by Gasteiger charge is 2.38. The standard InChI is InChI=1S/C16H26N2O/c1-4-9-17-15(16(3)8-5-10-19-16)11-14-7-6-13(2)12-18-14/h6-7,12,15,17H,4-5,8-11H2,1-3H3. The maximum Gasteiger partial charge on any atom is 0.0811 e. The van der Waals surface area contributed by atoms with Gasteiger partial charge < -0.3 is 10.1 Å². The molecule has 0 radical (unpaired) electrons. The Bertz CT molecular complexity index is 382. The van der Waals surface area contributed by atoms with Crippen molar-refractivity contribution in [2.45, 2.75) is 58.1 Å². The largest absolute Gasteiger partial charge is 0.374 e. The van der Waals surface area contributed by atoms with Crippen molar-refractivity contribution in [3.05, 3.63) is 29.6 Å². The monoisotopic (exact) mass is 262 g/mol. The van der Waals surface area contributed by atoms with Crippen LogP contribution in [-0.4, -0.2) is 29.8 Å². The van der Waals surface area contributed by atoms with Crippen LogP contribution in [0.3, 0.4) is 0 Å². The molecule has 0 bridgehead atoms. The zero-order valence-electron chi connectivity index (χ0n) is 12.4. The van der Waals surface area contributed by atoms with Gasteiger partial charge in [0.2, 0.25) is 0 Å². The van der Waals surface area contributed by atoms with Gasteiger partial charge in [-0.15, -0.1) is 0 Å². The summed E-state index contributed by atoms with van der Waals surface area (Å²) in [6, 6.07) is 4.62. The van der Waals surface area contributed by atoms with E-state index in [-0.39, 0.29) is 5.60 Å². The van der Waals surface area contributed by atoms with Gasteiger partial charge in [0.1, 0.15) is 0 Å². The zero-order valence-corrected chi connectivity index (χ0v) is 12.4. The molecular weight excluding hydrogens is 236 g/mol. The lowest BCUT2D eigenvalue weighted by Crippen LogP contribution is -2.50. The first-order chi connectivity index (χ1) is 9.14. The summed E-state index contributed by atoms with van der Waals surface area (Å²) in [5.41, 5.74) is 2.32. The molecule has 0 aromatic carbocycles. The lowest BCUT2D eigenvalue weighted by Gasteiger charge is -2.34. The third-order valence-electron chi connectivity index (χ3n) is 4.01. The summed E-state index contributed by atoms with van der Waals surface area (Å²) in [4.78, 5) is 4.53. The maximum absolute atomic E-state index is 6.01.